The number of nitrogens with two attached hydrogens (primary N) is 1. The predicted molar refractivity (Wildman–Crippen MR) is 120 cm³/mol. The zero-order chi connectivity index (χ0) is 22.8. The van der Waals surface area contributed by atoms with Gasteiger partial charge in [-0.05, 0) is 29.5 Å². The molecule has 2 aromatic rings. The molecule has 0 unspecified atom stereocenters. The van der Waals surface area contributed by atoms with Gasteiger partial charge in [-0.25, -0.2) is 0 Å². The number of carbonyl (C=O) groups excluding carboxylic acids is 2. The summed E-state index contributed by atoms with van der Waals surface area (Å²) in [6, 6.07) is 18.3. The Morgan fingerprint density at radius 2 is 1.55 bits per heavy atom. The van der Waals surface area contributed by atoms with Gasteiger partial charge >= 0.3 is 0 Å². The van der Waals surface area contributed by atoms with Crippen molar-refractivity contribution in [1.82, 2.24) is 10.2 Å². The van der Waals surface area contributed by atoms with E-state index in [1.807, 2.05) is 30.3 Å². The maximum Gasteiger partial charge on any atom is 0.300 e. The van der Waals surface area contributed by atoms with Crippen LogP contribution in [0.1, 0.15) is 32.3 Å². The minimum Gasteiger partial charge on any atom is -0.481 e. The van der Waals surface area contributed by atoms with Crippen molar-refractivity contribution in [1.29, 1.82) is 0 Å². The number of rotatable bonds is 4. The number of carboxylic acids is 1. The maximum atomic E-state index is 12.6. The lowest BCUT2D eigenvalue weighted by molar-refractivity contribution is -0.134. The topological polar surface area (TPSA) is 113 Å². The molecule has 1 saturated heterocycles. The van der Waals surface area contributed by atoms with Crippen molar-refractivity contribution < 1.29 is 19.5 Å². The van der Waals surface area contributed by atoms with Crippen LogP contribution in [-0.2, 0) is 20.9 Å². The number of likely N-dealkylation sites (tertiary alicyclic amines) is 1. The van der Waals surface area contributed by atoms with E-state index in [0.717, 1.165) is 24.5 Å². The van der Waals surface area contributed by atoms with Crippen LogP contribution in [0.2, 0.25) is 0 Å². The summed E-state index contributed by atoms with van der Waals surface area (Å²) in [6.45, 7) is 4.07. The van der Waals surface area contributed by atoms with Crippen LogP contribution < -0.4 is 11.1 Å². The van der Waals surface area contributed by atoms with E-state index in [1.165, 1.54) is 12.5 Å². The first-order chi connectivity index (χ1) is 14.8. The Hall–Kier alpha value is -3.19. The van der Waals surface area contributed by atoms with E-state index >= 15 is 0 Å². The molecular formula is C24H31N3O4. The number of hydrogen-bond acceptors (Lipinski definition) is 4. The summed E-state index contributed by atoms with van der Waals surface area (Å²) in [4.78, 5) is 35.0. The standard InChI is InChI=1S/C22H27N3O2.C2H4O2/c1-16(26)25-14-20(11-12-21(23)15-25)22(27)24-13-17-7-9-19(10-8-17)18-5-3-2-4-6-18;1-2(3)4/h2-10,20-21H,11-15,23H2,1H3,(H,24,27);1H3,(H,3,4)/t20-,21+;/m1./s1. The monoisotopic (exact) mass is 425 g/mol. The second-order valence-electron chi connectivity index (χ2n) is 7.76. The second kappa shape index (κ2) is 11.9. The Morgan fingerprint density at radius 3 is 2.13 bits per heavy atom. The molecule has 0 saturated carbocycles. The third-order valence-corrected chi connectivity index (χ3v) is 5.13. The maximum absolute atomic E-state index is 12.6. The summed E-state index contributed by atoms with van der Waals surface area (Å²) < 4.78 is 0. The SMILES string of the molecule is CC(=O)N1C[C@@H](N)CC[C@@H](C(=O)NCc2ccc(-c3ccccc3)cc2)C1.CC(=O)O. The lowest BCUT2D eigenvalue weighted by atomic mass is 10.0. The van der Waals surface area contributed by atoms with E-state index in [-0.39, 0.29) is 23.8 Å². The number of carbonyl (C=O) groups is 3. The fourth-order valence-corrected chi connectivity index (χ4v) is 3.47. The molecule has 1 aliphatic heterocycles. The average Bonchev–Trinajstić information content (AvgIpc) is 2.95. The molecule has 0 radical (unpaired) electrons. The highest BCUT2D eigenvalue weighted by molar-refractivity contribution is 5.80. The van der Waals surface area contributed by atoms with Crippen molar-refractivity contribution >= 4 is 17.8 Å². The third kappa shape index (κ3) is 8.22. The number of carboxylic acid groups (broad SMARTS) is 1. The first-order valence-electron chi connectivity index (χ1n) is 10.4. The Kier molecular flexibility index (Phi) is 9.21. The van der Waals surface area contributed by atoms with Crippen LogP contribution in [0.25, 0.3) is 11.1 Å². The van der Waals surface area contributed by atoms with Crippen LogP contribution in [0, 0.1) is 5.92 Å². The molecular weight excluding hydrogens is 394 g/mol. The van der Waals surface area contributed by atoms with Gasteiger partial charge in [-0.3, -0.25) is 14.4 Å². The van der Waals surface area contributed by atoms with Crippen molar-refractivity contribution in [2.75, 3.05) is 13.1 Å². The first kappa shape index (κ1) is 24.1. The molecule has 1 aliphatic rings. The molecule has 2 atom stereocenters. The van der Waals surface area contributed by atoms with Crippen LogP contribution >= 0.6 is 0 Å². The van der Waals surface area contributed by atoms with Crippen LogP contribution in [0.3, 0.4) is 0 Å². The molecule has 31 heavy (non-hydrogen) atoms. The molecule has 1 fully saturated rings. The quantitative estimate of drug-likeness (QED) is 0.697. The highest BCUT2D eigenvalue weighted by Gasteiger charge is 2.28. The molecule has 1 heterocycles. The highest BCUT2D eigenvalue weighted by Crippen LogP contribution is 2.20. The lowest BCUT2D eigenvalue weighted by Crippen LogP contribution is -2.42. The Labute approximate surface area is 183 Å². The smallest absolute Gasteiger partial charge is 0.300 e. The van der Waals surface area contributed by atoms with Crippen LogP contribution in [0.4, 0.5) is 0 Å². The Morgan fingerprint density at radius 1 is 0.968 bits per heavy atom. The van der Waals surface area contributed by atoms with E-state index < -0.39 is 5.97 Å². The minimum atomic E-state index is -0.833. The van der Waals surface area contributed by atoms with E-state index in [9.17, 15) is 9.59 Å². The van der Waals surface area contributed by atoms with Crippen molar-refractivity contribution in [3.8, 4) is 11.1 Å². The first-order valence-corrected chi connectivity index (χ1v) is 10.4. The van der Waals surface area contributed by atoms with Gasteiger partial charge in [0.1, 0.15) is 0 Å². The van der Waals surface area contributed by atoms with E-state index in [4.69, 9.17) is 15.6 Å². The molecule has 2 aromatic carbocycles. The van der Waals surface area contributed by atoms with E-state index in [1.54, 1.807) is 4.90 Å². The van der Waals surface area contributed by atoms with Gasteiger partial charge in [0.2, 0.25) is 11.8 Å². The number of aliphatic carboxylic acids is 1. The minimum absolute atomic E-state index is 0.0116. The largest absolute Gasteiger partial charge is 0.481 e. The zero-order valence-electron chi connectivity index (χ0n) is 18.1. The fraction of sp³-hybridized carbons (Fsp3) is 0.375. The summed E-state index contributed by atoms with van der Waals surface area (Å²) >= 11 is 0. The molecule has 3 rings (SSSR count). The van der Waals surface area contributed by atoms with Crippen LogP contribution in [-0.4, -0.2) is 46.9 Å². The van der Waals surface area contributed by atoms with Gasteiger partial charge in [-0.15, -0.1) is 0 Å². The van der Waals surface area contributed by atoms with Gasteiger partial charge in [-0.1, -0.05) is 54.6 Å². The molecule has 0 aromatic heterocycles. The van der Waals surface area contributed by atoms with Gasteiger partial charge in [-0.2, -0.15) is 0 Å². The van der Waals surface area contributed by atoms with Crippen molar-refractivity contribution in [2.24, 2.45) is 11.7 Å². The van der Waals surface area contributed by atoms with Gasteiger partial charge in [0, 0.05) is 39.5 Å². The third-order valence-electron chi connectivity index (χ3n) is 5.13. The number of nitrogens with one attached hydrogen (secondary N) is 1. The van der Waals surface area contributed by atoms with Crippen molar-refractivity contribution in [3.63, 3.8) is 0 Å². The van der Waals surface area contributed by atoms with Crippen molar-refractivity contribution in [2.45, 2.75) is 39.3 Å². The second-order valence-corrected chi connectivity index (χ2v) is 7.76. The zero-order valence-corrected chi connectivity index (χ0v) is 18.1. The molecule has 0 aliphatic carbocycles. The summed E-state index contributed by atoms with van der Waals surface area (Å²) in [6.07, 6.45) is 1.47. The van der Waals surface area contributed by atoms with Gasteiger partial charge < -0.3 is 21.1 Å². The normalized spacial score (nSPS) is 18.2. The highest BCUT2D eigenvalue weighted by atomic mass is 16.4. The van der Waals surface area contributed by atoms with E-state index in [0.29, 0.717) is 26.1 Å². The molecule has 0 bridgehead atoms. The molecule has 4 N–H and O–H groups in total. The summed E-state index contributed by atoms with van der Waals surface area (Å²) in [5.41, 5.74) is 9.41. The van der Waals surface area contributed by atoms with Crippen molar-refractivity contribution in [3.05, 3.63) is 60.2 Å². The molecule has 7 heteroatoms. The average molecular weight is 426 g/mol. The Bertz CT molecular complexity index is 864. The van der Waals surface area contributed by atoms with Crippen LogP contribution in [0.15, 0.2) is 54.6 Å². The van der Waals surface area contributed by atoms with Gasteiger partial charge in [0.05, 0.1) is 5.92 Å². The molecule has 0 spiro atoms. The molecule has 7 nitrogen and oxygen atoms in total. The number of amides is 2. The fourth-order valence-electron chi connectivity index (χ4n) is 3.47. The van der Waals surface area contributed by atoms with Gasteiger partial charge in [0.15, 0.2) is 0 Å². The number of benzene rings is 2. The van der Waals surface area contributed by atoms with Crippen LogP contribution in [0.5, 0.6) is 0 Å². The summed E-state index contributed by atoms with van der Waals surface area (Å²) in [7, 11) is 0. The molecule has 166 valence electrons. The summed E-state index contributed by atoms with van der Waals surface area (Å²) in [5, 5.41) is 10.4. The predicted octanol–water partition coefficient (Wildman–Crippen LogP) is 2.65. The van der Waals surface area contributed by atoms with Gasteiger partial charge in [0.25, 0.3) is 5.97 Å². The lowest BCUT2D eigenvalue weighted by Gasteiger charge is -2.23. The summed E-state index contributed by atoms with van der Waals surface area (Å²) in [5.74, 6) is -1.07. The number of hydrogen-bond donors (Lipinski definition) is 3. The Balaban J connectivity index is 0.000000785. The molecule has 2 amide bonds. The van der Waals surface area contributed by atoms with E-state index in [2.05, 4.69) is 29.6 Å². The number of nitrogens with zero attached hydrogens (tertiary/aromatic N) is 1.